The quantitative estimate of drug-likeness (QED) is 0.201. The number of nitrogens with zero attached hydrogens (tertiary/aromatic N) is 1. The van der Waals surface area contributed by atoms with Crippen molar-refractivity contribution in [3.8, 4) is 16.3 Å². The van der Waals surface area contributed by atoms with Crippen LogP contribution in [0.5, 0.6) is 5.75 Å². The second-order valence-corrected chi connectivity index (χ2v) is 10.0. The molecule has 0 saturated carbocycles. The van der Waals surface area contributed by atoms with Gasteiger partial charge in [-0.25, -0.2) is 9.78 Å². The summed E-state index contributed by atoms with van der Waals surface area (Å²) in [5, 5.41) is 0.298. The van der Waals surface area contributed by atoms with E-state index in [1.165, 1.54) is 23.5 Å². The molecule has 5 nitrogen and oxygen atoms in total. The number of ketones is 1. The van der Waals surface area contributed by atoms with Crippen molar-refractivity contribution in [1.82, 2.24) is 4.98 Å². The lowest BCUT2D eigenvalue weighted by atomic mass is 10.0. The third kappa shape index (κ3) is 6.97. The van der Waals surface area contributed by atoms with E-state index >= 15 is 0 Å². The van der Waals surface area contributed by atoms with E-state index in [0.717, 1.165) is 10.9 Å². The van der Waals surface area contributed by atoms with E-state index in [9.17, 15) is 22.8 Å². The van der Waals surface area contributed by atoms with Crippen LogP contribution in [0.2, 0.25) is 0 Å². The third-order valence-electron chi connectivity index (χ3n) is 5.74. The van der Waals surface area contributed by atoms with Crippen LogP contribution < -0.4 is 4.74 Å². The van der Waals surface area contributed by atoms with Crippen LogP contribution in [0.4, 0.5) is 13.2 Å². The Labute approximate surface area is 218 Å². The largest absolute Gasteiger partial charge is 0.479 e. The molecule has 37 heavy (non-hydrogen) atoms. The maximum absolute atomic E-state index is 13.5. The van der Waals surface area contributed by atoms with Gasteiger partial charge in [0.2, 0.25) is 0 Å². The fourth-order valence-corrected chi connectivity index (χ4v) is 5.11. The highest BCUT2D eigenvalue weighted by Crippen LogP contribution is 2.40. The Balaban J connectivity index is 1.77. The molecule has 0 spiro atoms. The van der Waals surface area contributed by atoms with Crippen molar-refractivity contribution < 1.29 is 32.2 Å². The van der Waals surface area contributed by atoms with Crippen LogP contribution in [-0.2, 0) is 22.1 Å². The van der Waals surface area contributed by atoms with E-state index in [2.05, 4.69) is 4.98 Å². The minimum atomic E-state index is -4.49. The van der Waals surface area contributed by atoms with Gasteiger partial charge in [-0.2, -0.15) is 13.2 Å². The van der Waals surface area contributed by atoms with Gasteiger partial charge in [0.15, 0.2) is 11.9 Å². The molecular weight excluding hydrogens is 503 g/mol. The number of halogens is 3. The number of carbonyl (C=O) groups excluding carboxylic acids is 2. The maximum atomic E-state index is 13.5. The summed E-state index contributed by atoms with van der Waals surface area (Å²) in [4.78, 5) is 30.1. The first kappa shape index (κ1) is 28.4. The highest BCUT2D eigenvalue weighted by atomic mass is 32.1. The maximum Gasteiger partial charge on any atom is 0.417 e. The van der Waals surface area contributed by atoms with Crippen molar-refractivity contribution in [2.45, 2.75) is 65.7 Å². The lowest BCUT2D eigenvalue weighted by molar-refractivity contribution is -0.150. The van der Waals surface area contributed by atoms with Gasteiger partial charge < -0.3 is 9.47 Å². The zero-order valence-corrected chi connectivity index (χ0v) is 22.3. The number of Topliss-reactive ketones (excluding diaryl/α,β-unsaturated/α-hetero) is 1. The summed E-state index contributed by atoms with van der Waals surface area (Å²) < 4.78 is 51.3. The number of esters is 1. The molecule has 0 aliphatic rings. The summed E-state index contributed by atoms with van der Waals surface area (Å²) in [5.41, 5.74) is 1.22. The summed E-state index contributed by atoms with van der Waals surface area (Å²) in [6, 6.07) is 10.4. The molecular formula is C28H30F3NO4S. The van der Waals surface area contributed by atoms with E-state index in [1.54, 1.807) is 45.0 Å². The molecule has 0 bridgehead atoms. The number of aryl methyl sites for hydroxylation is 2. The van der Waals surface area contributed by atoms with Gasteiger partial charge >= 0.3 is 12.1 Å². The Morgan fingerprint density at radius 1 is 1.08 bits per heavy atom. The van der Waals surface area contributed by atoms with Crippen molar-refractivity contribution >= 4 is 23.1 Å². The van der Waals surface area contributed by atoms with Crippen molar-refractivity contribution in [3.05, 3.63) is 69.7 Å². The third-order valence-corrected chi connectivity index (χ3v) is 6.90. The van der Waals surface area contributed by atoms with Gasteiger partial charge in [0.1, 0.15) is 10.8 Å². The Morgan fingerprint density at radius 3 is 2.41 bits per heavy atom. The molecule has 1 unspecified atom stereocenters. The minimum Gasteiger partial charge on any atom is -0.479 e. The monoisotopic (exact) mass is 533 g/mol. The molecule has 1 heterocycles. The molecule has 1 aromatic heterocycles. The van der Waals surface area contributed by atoms with E-state index in [0.29, 0.717) is 34.0 Å². The normalized spacial score (nSPS) is 12.5. The molecule has 9 heteroatoms. The van der Waals surface area contributed by atoms with Crippen molar-refractivity contribution in [1.29, 1.82) is 0 Å². The van der Waals surface area contributed by atoms with Crippen LogP contribution >= 0.6 is 11.3 Å². The number of alkyl halides is 3. The highest BCUT2D eigenvalue weighted by Gasteiger charge is 2.34. The fraction of sp³-hybridized carbons (Fsp3) is 0.393. The predicted molar refractivity (Wildman–Crippen MR) is 137 cm³/mol. The molecule has 1 atom stereocenters. The van der Waals surface area contributed by atoms with Gasteiger partial charge in [0, 0.05) is 22.4 Å². The lowest BCUT2D eigenvalue weighted by Gasteiger charge is -2.15. The molecule has 0 aliphatic heterocycles. The molecule has 3 rings (SSSR count). The first-order chi connectivity index (χ1) is 17.4. The number of ether oxygens (including phenoxy) is 2. The summed E-state index contributed by atoms with van der Waals surface area (Å²) in [7, 11) is 0. The molecule has 0 aliphatic carbocycles. The van der Waals surface area contributed by atoms with Crippen molar-refractivity contribution in [2.75, 3.05) is 6.61 Å². The van der Waals surface area contributed by atoms with Crippen LogP contribution in [-0.4, -0.2) is 29.4 Å². The Kier molecular flexibility index (Phi) is 9.12. The molecule has 0 fully saturated rings. The van der Waals surface area contributed by atoms with Crippen LogP contribution in [0.1, 0.15) is 72.1 Å². The smallest absolute Gasteiger partial charge is 0.417 e. The summed E-state index contributed by atoms with van der Waals surface area (Å²) >= 11 is 1.20. The molecule has 2 aromatic carbocycles. The SMILES string of the molecule is CCOC(=O)C(C)Oc1ccc(C(=O)CCc2sc(-c3ccccc3C(F)(F)F)nc2C(C)C)cc1C. The Hall–Kier alpha value is -3.20. The number of thiazole rings is 1. The predicted octanol–water partition coefficient (Wildman–Crippen LogP) is 7.41. The van der Waals surface area contributed by atoms with Gasteiger partial charge in [-0.05, 0) is 62.9 Å². The first-order valence-electron chi connectivity index (χ1n) is 12.1. The van der Waals surface area contributed by atoms with E-state index in [-0.39, 0.29) is 30.3 Å². The standard InChI is InChI=1S/C28H30F3NO4S/c1-6-35-27(34)18(5)36-23-13-11-19(15-17(23)4)22(33)12-14-24-25(16(2)3)32-26(37-24)20-9-7-8-10-21(20)28(29,30)31/h7-11,13,15-16,18H,6,12,14H2,1-5H3. The average molecular weight is 534 g/mol. The van der Waals surface area contributed by atoms with Gasteiger partial charge in [-0.15, -0.1) is 11.3 Å². The highest BCUT2D eigenvalue weighted by molar-refractivity contribution is 7.15. The van der Waals surface area contributed by atoms with Gasteiger partial charge in [0.25, 0.3) is 0 Å². The zero-order valence-electron chi connectivity index (χ0n) is 21.4. The average Bonchev–Trinajstić information content (AvgIpc) is 3.28. The summed E-state index contributed by atoms with van der Waals surface area (Å²) in [6.45, 7) is 9.22. The van der Waals surface area contributed by atoms with Crippen LogP contribution in [0.25, 0.3) is 10.6 Å². The number of hydrogen-bond donors (Lipinski definition) is 0. The zero-order chi connectivity index (χ0) is 27.3. The molecule has 3 aromatic rings. The fourth-order valence-electron chi connectivity index (χ4n) is 3.85. The molecule has 0 amide bonds. The Morgan fingerprint density at radius 2 is 1.78 bits per heavy atom. The van der Waals surface area contributed by atoms with Gasteiger partial charge in [0.05, 0.1) is 17.9 Å². The lowest BCUT2D eigenvalue weighted by Crippen LogP contribution is -2.26. The van der Waals surface area contributed by atoms with E-state index in [4.69, 9.17) is 9.47 Å². The Bertz CT molecular complexity index is 1270. The molecule has 0 radical (unpaired) electrons. The van der Waals surface area contributed by atoms with Crippen LogP contribution in [0.15, 0.2) is 42.5 Å². The number of benzene rings is 2. The molecule has 0 saturated heterocycles. The number of hydrogen-bond acceptors (Lipinski definition) is 6. The second kappa shape index (κ2) is 11.9. The van der Waals surface area contributed by atoms with Gasteiger partial charge in [-0.1, -0.05) is 32.0 Å². The summed E-state index contributed by atoms with van der Waals surface area (Å²) in [6.07, 6.45) is -4.72. The van der Waals surface area contributed by atoms with Crippen molar-refractivity contribution in [3.63, 3.8) is 0 Å². The van der Waals surface area contributed by atoms with E-state index < -0.39 is 23.8 Å². The van der Waals surface area contributed by atoms with Crippen LogP contribution in [0.3, 0.4) is 0 Å². The topological polar surface area (TPSA) is 65.5 Å². The molecule has 0 N–H and O–H groups in total. The number of rotatable bonds is 10. The van der Waals surface area contributed by atoms with E-state index in [1.807, 2.05) is 13.8 Å². The van der Waals surface area contributed by atoms with Gasteiger partial charge in [-0.3, -0.25) is 4.79 Å². The number of carbonyl (C=O) groups is 2. The molecule has 198 valence electrons. The minimum absolute atomic E-state index is 0.00628. The van der Waals surface area contributed by atoms with Crippen LogP contribution in [0, 0.1) is 6.92 Å². The van der Waals surface area contributed by atoms with Crippen molar-refractivity contribution in [2.24, 2.45) is 0 Å². The summed E-state index contributed by atoms with van der Waals surface area (Å²) in [5.74, 6) is -0.0962. The second-order valence-electron chi connectivity index (χ2n) is 8.94. The number of aromatic nitrogens is 1. The first-order valence-corrected chi connectivity index (χ1v) is 12.9.